The number of carbonyl (C=O) groups is 2. The second kappa shape index (κ2) is 18.6. The minimum absolute atomic E-state index is 0.0239. The summed E-state index contributed by atoms with van der Waals surface area (Å²) in [6, 6.07) is 39.1. The molecule has 0 saturated carbocycles. The Bertz CT molecular complexity index is 2750. The van der Waals surface area contributed by atoms with E-state index >= 15 is 0 Å². The summed E-state index contributed by atoms with van der Waals surface area (Å²) < 4.78 is 0.271. The summed E-state index contributed by atoms with van der Waals surface area (Å²) in [5.41, 5.74) is 8.24. The molecular weight excluding hydrogens is 899 g/mol. The van der Waals surface area contributed by atoms with Gasteiger partial charge in [0.05, 0.1) is 33.5 Å². The van der Waals surface area contributed by atoms with E-state index < -0.39 is 0 Å². The molecule has 9 nitrogen and oxygen atoms in total. The number of anilines is 2. The van der Waals surface area contributed by atoms with Gasteiger partial charge in [-0.1, -0.05) is 96.6 Å². The van der Waals surface area contributed by atoms with Crippen LogP contribution in [-0.4, -0.2) is 34.9 Å². The molecule has 0 atom stereocenters. The molecule has 0 unspecified atom stereocenters. The van der Waals surface area contributed by atoms with Crippen LogP contribution in [0, 0.1) is 6.92 Å². The summed E-state index contributed by atoms with van der Waals surface area (Å²) in [4.78, 5) is 52.5. The summed E-state index contributed by atoms with van der Waals surface area (Å²) in [6.07, 6.45) is 1.22. The third-order valence-corrected chi connectivity index (χ3v) is 8.67. The SMILES string of the molecule is BrB(Br)Br.CC(=O)Nc1nc2ccc3cc(=O)ccc3c2[nH]c1Cc1ccccc1.CC(=O)Nc1nc2ccc3cc(C)ccc3c2nc1Cc1ccccc1. The van der Waals surface area contributed by atoms with E-state index in [1.807, 2.05) is 78.9 Å². The van der Waals surface area contributed by atoms with Crippen molar-refractivity contribution in [3.63, 3.8) is 0 Å². The van der Waals surface area contributed by atoms with Crippen molar-refractivity contribution in [1.82, 2.24) is 19.9 Å². The van der Waals surface area contributed by atoms with Gasteiger partial charge in [0.15, 0.2) is 17.1 Å². The Morgan fingerprint density at radius 3 is 1.84 bits per heavy atom. The zero-order valence-corrected chi connectivity index (χ0v) is 35.5. The Balaban J connectivity index is 0.000000174. The molecule has 0 saturated heterocycles. The zero-order valence-electron chi connectivity index (χ0n) is 30.7. The van der Waals surface area contributed by atoms with Gasteiger partial charge >= 0.3 is 3.18 Å². The molecular formula is C43H36BBr3N6O3. The first-order valence-electron chi connectivity index (χ1n) is 17.6. The summed E-state index contributed by atoms with van der Waals surface area (Å²) >= 11 is 9.31. The molecule has 2 amide bonds. The monoisotopic (exact) mass is 932 g/mol. The van der Waals surface area contributed by atoms with E-state index in [4.69, 9.17) is 4.98 Å². The van der Waals surface area contributed by atoms with Crippen molar-refractivity contribution in [3.8, 4) is 0 Å². The normalized spacial score (nSPS) is 10.7. The van der Waals surface area contributed by atoms with Gasteiger partial charge in [-0.05, 0) is 59.2 Å². The smallest absolute Gasteiger partial charge is 0.353 e. The van der Waals surface area contributed by atoms with Crippen LogP contribution in [-0.2, 0) is 22.4 Å². The average Bonchev–Trinajstić information content (AvgIpc) is 3.15. The average molecular weight is 935 g/mol. The maximum absolute atomic E-state index is 11.6. The Morgan fingerprint density at radius 2 is 1.20 bits per heavy atom. The lowest BCUT2D eigenvalue weighted by molar-refractivity contribution is -0.115. The molecule has 0 fully saturated rings. The van der Waals surface area contributed by atoms with Gasteiger partial charge in [-0.3, -0.25) is 14.4 Å². The number of aromatic nitrogens is 4. The first kappa shape index (κ1) is 40.4. The maximum atomic E-state index is 11.6. The molecule has 0 spiro atoms. The van der Waals surface area contributed by atoms with Crippen molar-refractivity contribution < 1.29 is 9.59 Å². The summed E-state index contributed by atoms with van der Waals surface area (Å²) in [6.45, 7) is 5.03. The Kier molecular flexibility index (Phi) is 13.4. The van der Waals surface area contributed by atoms with Crippen LogP contribution in [0.2, 0.25) is 0 Å². The number of carbonyl (C=O) groups excluding carboxylic acids is 2. The van der Waals surface area contributed by atoms with Gasteiger partial charge in [-0.15, -0.1) is 47.3 Å². The lowest BCUT2D eigenvalue weighted by atomic mass is 10.0. The van der Waals surface area contributed by atoms with Crippen molar-refractivity contribution in [2.24, 2.45) is 0 Å². The summed E-state index contributed by atoms with van der Waals surface area (Å²) in [7, 11) is 0. The van der Waals surface area contributed by atoms with E-state index in [9.17, 15) is 14.4 Å². The standard InChI is InChI=1S/C22H19N3O.C21H17N3O2.BBr3/c1-14-8-10-18-17(12-14)9-11-19-21(18)24-20(22(25-19)23-15(2)26)13-16-6-4-3-5-7-16;1-13(25)22-21-19(11-14-5-3-2-4-6-14)23-20-17-9-8-16(26)12-15(17)7-10-18(20)24-21;2-1(3)4/h3-12H,13H2,1-2H3,(H,23,25,26);2-10,12,23H,11H2,1H3,(H,22,25);. The van der Waals surface area contributed by atoms with Crippen molar-refractivity contribution in [2.45, 2.75) is 33.6 Å². The van der Waals surface area contributed by atoms with E-state index in [-0.39, 0.29) is 20.4 Å². The minimum Gasteiger partial charge on any atom is -0.353 e. The predicted octanol–water partition coefficient (Wildman–Crippen LogP) is 10.4. The van der Waals surface area contributed by atoms with Crippen molar-refractivity contribution in [2.75, 3.05) is 10.6 Å². The fourth-order valence-electron chi connectivity index (χ4n) is 6.30. The van der Waals surface area contributed by atoms with Crippen LogP contribution in [0.1, 0.15) is 41.9 Å². The van der Waals surface area contributed by atoms with Crippen molar-refractivity contribution in [3.05, 3.63) is 160 Å². The fourth-order valence-corrected chi connectivity index (χ4v) is 6.30. The van der Waals surface area contributed by atoms with Crippen molar-refractivity contribution >= 4 is 118 Å². The van der Waals surface area contributed by atoms with Gasteiger partial charge in [-0.2, -0.15) is 0 Å². The number of fused-ring (bicyclic) bond motifs is 6. The van der Waals surface area contributed by atoms with Crippen molar-refractivity contribution in [1.29, 1.82) is 0 Å². The highest BCUT2D eigenvalue weighted by molar-refractivity contribution is 9.69. The lowest BCUT2D eigenvalue weighted by Crippen LogP contribution is -2.12. The summed E-state index contributed by atoms with van der Waals surface area (Å²) in [5, 5.41) is 9.65. The third kappa shape index (κ3) is 10.5. The van der Waals surface area contributed by atoms with E-state index in [0.717, 1.165) is 66.1 Å². The number of H-pyrrole nitrogens is 1. The predicted molar refractivity (Wildman–Crippen MR) is 241 cm³/mol. The van der Waals surface area contributed by atoms with Gasteiger partial charge in [0, 0.05) is 37.5 Å². The van der Waals surface area contributed by atoms with Gasteiger partial charge < -0.3 is 15.6 Å². The summed E-state index contributed by atoms with van der Waals surface area (Å²) in [5.74, 6) is 0.731. The van der Waals surface area contributed by atoms with Crippen LogP contribution in [0.4, 0.5) is 11.6 Å². The maximum Gasteiger partial charge on any atom is 0.369 e. The first-order valence-corrected chi connectivity index (χ1v) is 20.4. The third-order valence-electron chi connectivity index (χ3n) is 8.67. The molecule has 2 aromatic heterocycles. The fraction of sp³-hybridized carbons (Fsp3) is 0.116. The Morgan fingerprint density at radius 1 is 0.643 bits per heavy atom. The minimum atomic E-state index is -0.170. The topological polar surface area (TPSA) is 130 Å². The number of nitrogens with one attached hydrogen (secondary N) is 3. The molecule has 0 aliphatic carbocycles. The quantitative estimate of drug-likeness (QED) is 0.112. The Hall–Kier alpha value is -5.24. The zero-order chi connectivity index (χ0) is 39.8. The Labute approximate surface area is 348 Å². The molecule has 8 aromatic rings. The molecule has 280 valence electrons. The lowest BCUT2D eigenvalue weighted by Gasteiger charge is -2.13. The van der Waals surface area contributed by atoms with Gasteiger partial charge in [0.2, 0.25) is 11.8 Å². The molecule has 3 N–H and O–H groups in total. The van der Waals surface area contributed by atoms with Crippen LogP contribution in [0.5, 0.6) is 0 Å². The second-order valence-corrected chi connectivity index (χ2v) is 19.5. The largest absolute Gasteiger partial charge is 0.369 e. The van der Waals surface area contributed by atoms with E-state index in [1.165, 1.54) is 19.4 Å². The van der Waals surface area contributed by atoms with Crippen LogP contribution < -0.4 is 16.1 Å². The number of halogens is 3. The van der Waals surface area contributed by atoms with E-state index in [1.54, 1.807) is 12.1 Å². The number of hydrogen-bond acceptors (Lipinski definition) is 6. The highest BCUT2D eigenvalue weighted by Crippen LogP contribution is 2.28. The molecule has 0 radical (unpaired) electrons. The number of nitrogens with zero attached hydrogens (tertiary/aromatic N) is 3. The van der Waals surface area contributed by atoms with E-state index in [0.29, 0.717) is 24.5 Å². The molecule has 56 heavy (non-hydrogen) atoms. The van der Waals surface area contributed by atoms with Crippen LogP contribution >= 0.6 is 47.3 Å². The van der Waals surface area contributed by atoms with Crippen LogP contribution in [0.3, 0.4) is 0 Å². The molecule has 6 aromatic carbocycles. The second-order valence-electron chi connectivity index (χ2n) is 13.0. The first-order chi connectivity index (χ1) is 26.9. The number of benzene rings is 6. The molecule has 8 rings (SSSR count). The molecule has 2 heterocycles. The highest BCUT2D eigenvalue weighted by atomic mass is 79.9. The number of aryl methyl sites for hydroxylation is 1. The highest BCUT2D eigenvalue weighted by Gasteiger charge is 2.14. The molecule has 13 heteroatoms. The van der Waals surface area contributed by atoms with Gasteiger partial charge in [0.25, 0.3) is 0 Å². The van der Waals surface area contributed by atoms with Gasteiger partial charge in [0.1, 0.15) is 0 Å². The number of rotatable bonds is 6. The van der Waals surface area contributed by atoms with Crippen LogP contribution in [0.25, 0.3) is 43.6 Å². The number of amides is 2. The number of aromatic amines is 1. The van der Waals surface area contributed by atoms with Gasteiger partial charge in [-0.25, -0.2) is 15.0 Å². The number of hydrogen-bond donors (Lipinski definition) is 3. The van der Waals surface area contributed by atoms with E-state index in [2.05, 4.69) is 110 Å². The molecule has 0 aliphatic heterocycles. The van der Waals surface area contributed by atoms with Crippen LogP contribution in [0.15, 0.2) is 126 Å². The molecule has 0 aliphatic rings. The molecule has 0 bridgehead atoms.